The smallest absolute Gasteiger partial charge is 0.339 e. The molecule has 0 spiro atoms. The Morgan fingerprint density at radius 3 is 2.64 bits per heavy atom. The molecule has 2 heterocycles. The third kappa shape index (κ3) is 3.03. The number of amides is 1. The Labute approximate surface area is 135 Å². The van der Waals surface area contributed by atoms with Crippen LogP contribution in [0.1, 0.15) is 32.2 Å². The molecule has 1 amide bonds. The lowest BCUT2D eigenvalue weighted by Gasteiger charge is -2.08. The molecule has 0 saturated carbocycles. The number of carboxylic acids is 1. The van der Waals surface area contributed by atoms with E-state index in [9.17, 15) is 9.59 Å². The Morgan fingerprint density at radius 1 is 1.41 bits per heavy atom. The number of nitrogens with one attached hydrogen (secondary N) is 1. The van der Waals surface area contributed by atoms with Crippen molar-refractivity contribution < 1.29 is 14.7 Å². The molecule has 118 valence electrons. The van der Waals surface area contributed by atoms with Crippen molar-refractivity contribution in [3.63, 3.8) is 0 Å². The summed E-state index contributed by atoms with van der Waals surface area (Å²) in [6, 6.07) is 0. The van der Waals surface area contributed by atoms with Gasteiger partial charge in [0, 0.05) is 19.3 Å². The maximum Gasteiger partial charge on any atom is 0.339 e. The predicted octanol–water partition coefficient (Wildman–Crippen LogP) is 1.12. The van der Waals surface area contributed by atoms with Crippen molar-refractivity contribution in [2.24, 2.45) is 7.05 Å². The molecule has 2 N–H and O–H groups in total. The van der Waals surface area contributed by atoms with Gasteiger partial charge in [0.15, 0.2) is 0 Å². The predicted molar refractivity (Wildman–Crippen MR) is 81.9 cm³/mol. The second kappa shape index (κ2) is 6.30. The number of carbonyl (C=O) groups excluding carboxylic acids is 1. The van der Waals surface area contributed by atoms with E-state index < -0.39 is 11.9 Å². The van der Waals surface area contributed by atoms with Gasteiger partial charge < -0.3 is 10.4 Å². The molecule has 0 saturated heterocycles. The molecule has 2 rings (SSSR count). The van der Waals surface area contributed by atoms with Crippen molar-refractivity contribution in [3.05, 3.63) is 33.3 Å². The highest BCUT2D eigenvalue weighted by molar-refractivity contribution is 9.10. The highest BCUT2D eigenvalue weighted by Crippen LogP contribution is 2.19. The van der Waals surface area contributed by atoms with E-state index in [1.807, 2.05) is 13.8 Å². The van der Waals surface area contributed by atoms with Gasteiger partial charge in [-0.3, -0.25) is 14.2 Å². The fourth-order valence-electron chi connectivity index (χ4n) is 2.12. The van der Waals surface area contributed by atoms with Crippen LogP contribution in [0, 0.1) is 13.8 Å². The molecule has 9 heteroatoms. The van der Waals surface area contributed by atoms with Crippen LogP contribution < -0.4 is 5.32 Å². The monoisotopic (exact) mass is 369 g/mol. The molecule has 0 aliphatic carbocycles. The molecule has 0 atom stereocenters. The number of aromatic nitrogens is 4. The van der Waals surface area contributed by atoms with Crippen LogP contribution >= 0.6 is 15.9 Å². The Bertz CT molecular complexity index is 734. The minimum atomic E-state index is -1.18. The Hall–Kier alpha value is -2.16. The first-order valence-corrected chi connectivity index (χ1v) is 7.35. The summed E-state index contributed by atoms with van der Waals surface area (Å²) in [7, 11) is 1.53. The highest BCUT2D eigenvalue weighted by Gasteiger charge is 2.21. The van der Waals surface area contributed by atoms with Crippen LogP contribution in [0.15, 0.2) is 10.7 Å². The number of nitrogens with zero attached hydrogens (tertiary/aromatic N) is 4. The average molecular weight is 370 g/mol. The minimum absolute atomic E-state index is 0.0297. The summed E-state index contributed by atoms with van der Waals surface area (Å²) in [5, 5.41) is 19.9. The maximum absolute atomic E-state index is 12.1. The molecular weight excluding hydrogens is 354 g/mol. The van der Waals surface area contributed by atoms with Gasteiger partial charge >= 0.3 is 5.97 Å². The van der Waals surface area contributed by atoms with Crippen LogP contribution in [-0.2, 0) is 13.6 Å². The molecule has 0 radical (unpaired) electrons. The van der Waals surface area contributed by atoms with E-state index in [1.54, 1.807) is 4.68 Å². The number of halogens is 1. The Morgan fingerprint density at radius 2 is 2.09 bits per heavy atom. The summed E-state index contributed by atoms with van der Waals surface area (Å²) in [6.45, 7) is 4.64. The van der Waals surface area contributed by atoms with Crippen molar-refractivity contribution in [1.82, 2.24) is 24.9 Å². The maximum atomic E-state index is 12.1. The van der Waals surface area contributed by atoms with Gasteiger partial charge in [0.1, 0.15) is 11.3 Å². The van der Waals surface area contributed by atoms with Gasteiger partial charge in [0.05, 0.1) is 22.9 Å². The number of rotatable bonds is 5. The largest absolute Gasteiger partial charge is 0.478 e. The topological polar surface area (TPSA) is 102 Å². The summed E-state index contributed by atoms with van der Waals surface area (Å²) in [5.41, 5.74) is 1.76. The van der Waals surface area contributed by atoms with E-state index in [-0.39, 0.29) is 11.3 Å². The van der Waals surface area contributed by atoms with Crippen LogP contribution in [0.4, 0.5) is 0 Å². The summed E-state index contributed by atoms with van der Waals surface area (Å²) in [6.07, 6.45) is 1.16. The van der Waals surface area contributed by atoms with E-state index in [0.717, 1.165) is 22.1 Å². The minimum Gasteiger partial charge on any atom is -0.478 e. The number of hydrogen-bond acceptors (Lipinski definition) is 4. The van der Waals surface area contributed by atoms with Crippen LogP contribution in [0.5, 0.6) is 0 Å². The number of aryl methyl sites for hydroxylation is 2. The summed E-state index contributed by atoms with van der Waals surface area (Å²) in [5.74, 6) is -1.65. The lowest BCUT2D eigenvalue weighted by Crippen LogP contribution is -2.30. The van der Waals surface area contributed by atoms with Crippen molar-refractivity contribution in [2.45, 2.75) is 20.4 Å². The molecule has 0 aliphatic heterocycles. The van der Waals surface area contributed by atoms with Gasteiger partial charge in [0.25, 0.3) is 5.91 Å². The molecule has 0 aromatic carbocycles. The number of carboxylic acid groups (broad SMARTS) is 1. The quantitative estimate of drug-likeness (QED) is 0.822. The molecule has 0 fully saturated rings. The Kier molecular flexibility index (Phi) is 4.65. The van der Waals surface area contributed by atoms with Gasteiger partial charge in [-0.05, 0) is 29.8 Å². The van der Waals surface area contributed by atoms with E-state index in [1.165, 1.54) is 11.7 Å². The molecule has 8 nitrogen and oxygen atoms in total. The van der Waals surface area contributed by atoms with Crippen LogP contribution in [0.25, 0.3) is 0 Å². The number of carbonyl (C=O) groups is 2. The number of aromatic carboxylic acids is 1. The lowest BCUT2D eigenvalue weighted by atomic mass is 10.2. The van der Waals surface area contributed by atoms with E-state index in [4.69, 9.17) is 5.11 Å². The zero-order valence-electron chi connectivity index (χ0n) is 12.4. The number of hydrogen-bond donors (Lipinski definition) is 2. The van der Waals surface area contributed by atoms with Gasteiger partial charge in [-0.15, -0.1) is 0 Å². The van der Waals surface area contributed by atoms with E-state index >= 15 is 0 Å². The van der Waals surface area contributed by atoms with E-state index in [2.05, 4.69) is 31.4 Å². The van der Waals surface area contributed by atoms with Crippen molar-refractivity contribution in [3.8, 4) is 0 Å². The van der Waals surface area contributed by atoms with Crippen LogP contribution in [0.2, 0.25) is 0 Å². The summed E-state index contributed by atoms with van der Waals surface area (Å²) in [4.78, 5) is 23.2. The molecule has 0 bridgehead atoms. The second-order valence-corrected chi connectivity index (χ2v) is 5.59. The van der Waals surface area contributed by atoms with Crippen molar-refractivity contribution in [2.75, 3.05) is 6.54 Å². The average Bonchev–Trinajstić information content (AvgIpc) is 2.95. The molecule has 0 unspecified atom stereocenters. The molecule has 2 aromatic heterocycles. The lowest BCUT2D eigenvalue weighted by molar-refractivity contribution is 0.0690. The fourth-order valence-corrected chi connectivity index (χ4v) is 2.40. The first-order valence-electron chi connectivity index (χ1n) is 6.56. The van der Waals surface area contributed by atoms with Crippen LogP contribution in [-0.4, -0.2) is 43.1 Å². The standard InChI is InChI=1S/C13H16BrN5O3/c1-7-10(14)8(2)19(17-7)5-4-15-12(20)11-9(13(21)22)6-16-18(11)3/h6H,4-5H2,1-3H3,(H,15,20)(H,21,22). The molecule has 2 aromatic rings. The van der Waals surface area contributed by atoms with Crippen molar-refractivity contribution in [1.29, 1.82) is 0 Å². The van der Waals surface area contributed by atoms with Gasteiger partial charge in [-0.2, -0.15) is 10.2 Å². The first kappa shape index (κ1) is 16.2. The van der Waals surface area contributed by atoms with Gasteiger partial charge in [-0.1, -0.05) is 0 Å². The van der Waals surface area contributed by atoms with E-state index in [0.29, 0.717) is 13.1 Å². The third-order valence-corrected chi connectivity index (χ3v) is 4.43. The highest BCUT2D eigenvalue weighted by atomic mass is 79.9. The van der Waals surface area contributed by atoms with Crippen molar-refractivity contribution >= 4 is 27.8 Å². The normalized spacial score (nSPS) is 10.7. The second-order valence-electron chi connectivity index (χ2n) is 4.80. The SMILES string of the molecule is Cc1nn(CCNC(=O)c2c(C(=O)O)cnn2C)c(C)c1Br. The Balaban J connectivity index is 2.03. The fraction of sp³-hybridized carbons (Fsp3) is 0.385. The molecular formula is C13H16BrN5O3. The zero-order chi connectivity index (χ0) is 16.4. The molecule has 0 aliphatic rings. The first-order chi connectivity index (χ1) is 10.3. The van der Waals surface area contributed by atoms with Gasteiger partial charge in [0.2, 0.25) is 0 Å². The zero-order valence-corrected chi connectivity index (χ0v) is 14.0. The summed E-state index contributed by atoms with van der Waals surface area (Å²) >= 11 is 3.44. The van der Waals surface area contributed by atoms with Crippen LogP contribution in [0.3, 0.4) is 0 Å². The third-order valence-electron chi connectivity index (χ3n) is 3.29. The molecule has 22 heavy (non-hydrogen) atoms. The van der Waals surface area contributed by atoms with Gasteiger partial charge in [-0.25, -0.2) is 4.79 Å². The summed E-state index contributed by atoms with van der Waals surface area (Å²) < 4.78 is 3.97.